The van der Waals surface area contributed by atoms with Crippen LogP contribution in [0.5, 0.6) is 0 Å². The smallest absolute Gasteiger partial charge is 0.399 e. The first kappa shape index (κ1) is 20.6. The number of carboxylic acid groups (broad SMARTS) is 1. The first-order chi connectivity index (χ1) is 5.46. The Labute approximate surface area is 120 Å². The molecule has 0 aliphatic carbocycles. The number of hydrogen-bond acceptors (Lipinski definition) is 2. The summed E-state index contributed by atoms with van der Waals surface area (Å²) in [6.45, 7) is 0. The van der Waals surface area contributed by atoms with E-state index >= 15 is 0 Å². The predicted octanol–water partition coefficient (Wildman–Crippen LogP) is 2.13. The Morgan fingerprint density at radius 3 is 2.33 bits per heavy atom. The molecule has 4 nitrogen and oxygen atoms in total. The Bertz CT molecular complexity index is 324. The summed E-state index contributed by atoms with van der Waals surface area (Å²) in [7, 11) is 1.30. The average Bonchev–Trinajstić information content (AvgIpc) is 2.35. The van der Waals surface area contributed by atoms with E-state index in [2.05, 4.69) is 4.98 Å². The average molecular weight is 336 g/mol. The van der Waals surface area contributed by atoms with Gasteiger partial charge in [0.2, 0.25) is 0 Å². The van der Waals surface area contributed by atoms with E-state index in [0.29, 0.717) is 0 Å². The largest absolute Gasteiger partial charge is 0.476 e. The molecule has 1 N–H and O–H groups in total. The number of hydrogen-bond donors (Lipinski definition) is 1. The predicted molar refractivity (Wildman–Crippen MR) is 49.5 cm³/mol. The monoisotopic (exact) mass is 335 g/mol. The molecule has 9 heteroatoms. The minimum atomic E-state index is -3.92. The first-order valence-electron chi connectivity index (χ1n) is 3.05. The van der Waals surface area contributed by atoms with Gasteiger partial charge in [0.15, 0.2) is 5.82 Å². The van der Waals surface area contributed by atoms with Crippen molar-refractivity contribution in [2.24, 2.45) is 7.05 Å². The summed E-state index contributed by atoms with van der Waals surface area (Å²) in [6.07, 6.45) is 2.37. The number of rotatable bonds is 2. The van der Waals surface area contributed by atoms with Crippen molar-refractivity contribution in [3.05, 3.63) is 18.2 Å². The molecule has 1 heterocycles. The molecule has 0 saturated heterocycles. The summed E-state index contributed by atoms with van der Waals surface area (Å²) in [5, 5.41) is 8.13. The number of carbonyl (C=O) groups is 1. The van der Waals surface area contributed by atoms with Gasteiger partial charge in [0.1, 0.15) is 0 Å². The molecule has 0 aromatic carbocycles. The van der Waals surface area contributed by atoms with E-state index in [9.17, 15) is 13.6 Å². The first-order valence-corrected chi connectivity index (χ1v) is 3.05. The van der Waals surface area contributed by atoms with Gasteiger partial charge < -0.3 is 9.67 Å². The van der Waals surface area contributed by atoms with Crippen LogP contribution >= 0.6 is 29.4 Å². The Hall–Kier alpha value is 0.180. The third-order valence-electron chi connectivity index (χ3n) is 1.37. The van der Waals surface area contributed by atoms with Crippen molar-refractivity contribution < 1.29 is 44.5 Å². The van der Waals surface area contributed by atoms with Crippen LogP contribution in [-0.4, -0.2) is 20.6 Å². The summed E-state index contributed by atoms with van der Waals surface area (Å²) < 4.78 is 26.3. The summed E-state index contributed by atoms with van der Waals surface area (Å²) in [5.74, 6) is -6.88. The van der Waals surface area contributed by atoms with Crippen molar-refractivity contribution in [1.29, 1.82) is 0 Å². The summed E-state index contributed by atoms with van der Waals surface area (Å²) in [5.41, 5.74) is 0. The molecule has 83 valence electrons. The molecule has 0 atom stereocenters. The molecule has 0 fully saturated rings. The Morgan fingerprint density at radius 1 is 1.60 bits per heavy atom. The minimum Gasteiger partial charge on any atom is -0.476 e. The van der Waals surface area contributed by atoms with Gasteiger partial charge in [0.25, 0.3) is 0 Å². The zero-order chi connectivity index (χ0) is 9.35. The van der Waals surface area contributed by atoms with E-state index in [1.165, 1.54) is 13.2 Å². The number of aliphatic carboxylic acids is 1. The molecule has 0 aliphatic rings. The molecule has 0 spiro atoms. The van der Waals surface area contributed by atoms with Gasteiger partial charge in [-0.05, 0) is 0 Å². The van der Waals surface area contributed by atoms with Crippen LogP contribution in [0.4, 0.5) is 8.78 Å². The number of halogens is 4. The fourth-order valence-electron chi connectivity index (χ4n) is 0.764. The Kier molecular flexibility index (Phi) is 10.2. The molecular weight excluding hydrogens is 330 g/mol. The third-order valence-corrected chi connectivity index (χ3v) is 1.37. The quantitative estimate of drug-likeness (QED) is 0.900. The van der Waals surface area contributed by atoms with Crippen LogP contribution in [-0.2, 0) is 43.6 Å². The second-order valence-corrected chi connectivity index (χ2v) is 2.24. The second-order valence-electron chi connectivity index (χ2n) is 2.24. The second kappa shape index (κ2) is 7.45. The Balaban J connectivity index is -0.000000480. The molecule has 1 aromatic heterocycles. The maximum absolute atomic E-state index is 12.7. The van der Waals surface area contributed by atoms with Gasteiger partial charge in [0, 0.05) is 74.7 Å². The number of nitrogens with zero attached hydrogens (tertiary/aromatic N) is 2. The number of carboxylic acids is 1. The van der Waals surface area contributed by atoms with E-state index in [4.69, 9.17) is 5.11 Å². The topological polar surface area (TPSA) is 55.1 Å². The summed E-state index contributed by atoms with van der Waals surface area (Å²) >= 11 is 0. The van der Waals surface area contributed by atoms with Crippen LogP contribution in [0.1, 0.15) is 5.82 Å². The maximum Gasteiger partial charge on any atom is 0.399 e. The van der Waals surface area contributed by atoms with Crippen molar-refractivity contribution >= 4 is 35.4 Å². The molecule has 3 radical (unpaired) electrons. The molecule has 0 bridgehead atoms. The molecule has 0 aliphatic heterocycles. The molecule has 15 heavy (non-hydrogen) atoms. The van der Waals surface area contributed by atoms with Gasteiger partial charge in [-0.1, -0.05) is 0 Å². The standard InChI is InChI=1S/C6H6F2N2O2.Br.Cl.Sc/c1-10-3-2-9-4(10)6(7,8)5(11)12;;;/h2-3H,1H3,(H,11,12);;;. The Morgan fingerprint density at radius 2 is 2.07 bits per heavy atom. The summed E-state index contributed by atoms with van der Waals surface area (Å²) in [4.78, 5) is 13.3. The number of alkyl halides is 2. The zero-order valence-electron chi connectivity index (χ0n) is 7.49. The van der Waals surface area contributed by atoms with Crippen LogP contribution < -0.4 is 0 Å². The molecule has 0 unspecified atom stereocenters. The van der Waals surface area contributed by atoms with Gasteiger partial charge in [-0.25, -0.2) is 9.78 Å². The van der Waals surface area contributed by atoms with Crippen molar-refractivity contribution in [2.45, 2.75) is 5.92 Å². The normalized spacial score (nSPS) is 9.27. The number of aromatic nitrogens is 2. The van der Waals surface area contributed by atoms with E-state index in [1.54, 1.807) is 0 Å². The number of imidazole rings is 1. The molecule has 0 saturated carbocycles. The fraction of sp³-hybridized carbons (Fsp3) is 0.333. The van der Waals surface area contributed by atoms with Crippen LogP contribution in [0.2, 0.25) is 0 Å². The molecular formula is C6H6BrClF2N2O2Sc. The molecule has 0 amide bonds. The van der Waals surface area contributed by atoms with E-state index in [1.807, 2.05) is 0 Å². The van der Waals surface area contributed by atoms with Crippen molar-refractivity contribution in [2.75, 3.05) is 0 Å². The SMILES string of the molecule is Cn1ccnc1C(F)(F)C(=O)O.[Br].[Cl].[Sc]. The third kappa shape index (κ3) is 4.28. The minimum absolute atomic E-state index is 0. The number of aryl methyl sites for hydroxylation is 1. The van der Waals surface area contributed by atoms with Crippen LogP contribution in [0.15, 0.2) is 12.4 Å². The zero-order valence-corrected chi connectivity index (χ0v) is 11.6. The molecule has 1 rings (SSSR count). The van der Waals surface area contributed by atoms with Gasteiger partial charge in [0.05, 0.1) is 0 Å². The van der Waals surface area contributed by atoms with Gasteiger partial charge in [-0.3, -0.25) is 0 Å². The van der Waals surface area contributed by atoms with Crippen molar-refractivity contribution in [3.63, 3.8) is 0 Å². The maximum atomic E-state index is 12.7. The van der Waals surface area contributed by atoms with E-state index < -0.39 is 17.7 Å². The van der Waals surface area contributed by atoms with Crippen LogP contribution in [0.3, 0.4) is 0 Å². The van der Waals surface area contributed by atoms with Gasteiger partial charge in [-0.2, -0.15) is 8.78 Å². The van der Waals surface area contributed by atoms with E-state index in [0.717, 1.165) is 10.8 Å². The molecule has 1 aromatic rings. The fourth-order valence-corrected chi connectivity index (χ4v) is 0.764. The van der Waals surface area contributed by atoms with Gasteiger partial charge >= 0.3 is 11.9 Å². The van der Waals surface area contributed by atoms with Crippen molar-refractivity contribution in [3.8, 4) is 0 Å². The summed E-state index contributed by atoms with van der Waals surface area (Å²) in [6, 6.07) is 0. The van der Waals surface area contributed by atoms with Crippen LogP contribution in [0, 0.1) is 0 Å². The van der Waals surface area contributed by atoms with E-state index in [-0.39, 0.29) is 55.2 Å². The van der Waals surface area contributed by atoms with Crippen molar-refractivity contribution in [1.82, 2.24) is 9.55 Å². The van der Waals surface area contributed by atoms with Crippen LogP contribution in [0.25, 0.3) is 0 Å². The van der Waals surface area contributed by atoms with Gasteiger partial charge in [-0.15, -0.1) is 0 Å².